The third-order valence-corrected chi connectivity index (χ3v) is 15.8. The van der Waals surface area contributed by atoms with Gasteiger partial charge in [-0.25, -0.2) is 4.85 Å². The molecule has 312 valence electrons. The van der Waals surface area contributed by atoms with Gasteiger partial charge in [-0.15, -0.1) is 0 Å². The molecule has 0 aliphatic rings. The Hall–Kier alpha value is -7.49. The molecule has 0 aromatic heterocycles. The van der Waals surface area contributed by atoms with Crippen molar-refractivity contribution in [3.63, 3.8) is 0 Å². The van der Waals surface area contributed by atoms with Crippen molar-refractivity contribution in [1.82, 2.24) is 0 Å². The fraction of sp³-hybridized carbons (Fsp3) is 0.103. The molecule has 0 saturated carbocycles. The van der Waals surface area contributed by atoms with Crippen LogP contribution in [-0.4, -0.2) is 16.1 Å². The molecule has 8 aromatic carbocycles. The van der Waals surface area contributed by atoms with E-state index in [4.69, 9.17) is 6.57 Å². The summed E-state index contributed by atoms with van der Waals surface area (Å²) in [5.41, 5.74) is 14.5. The van der Waals surface area contributed by atoms with Gasteiger partial charge in [-0.2, -0.15) is 5.26 Å². The third-order valence-electron chi connectivity index (χ3n) is 11.7. The molecule has 0 unspecified atom stereocenters. The van der Waals surface area contributed by atoms with Crippen LogP contribution in [0.4, 0.5) is 39.8 Å². The zero-order valence-corrected chi connectivity index (χ0v) is 39.4. The zero-order chi connectivity index (χ0) is 44.8. The van der Waals surface area contributed by atoms with Crippen LogP contribution in [0.15, 0.2) is 194 Å². The summed E-state index contributed by atoms with van der Waals surface area (Å²) in [6, 6.07) is 70.6. The molecule has 0 N–H and O–H groups in total. The fourth-order valence-electron chi connectivity index (χ4n) is 7.85. The normalized spacial score (nSPS) is 11.5. The maximum absolute atomic E-state index is 9.42. The van der Waals surface area contributed by atoms with E-state index >= 15 is 0 Å². The molecule has 0 aliphatic heterocycles. The van der Waals surface area contributed by atoms with E-state index in [1.807, 2.05) is 48.5 Å². The molecule has 0 amide bonds. The van der Waals surface area contributed by atoms with Crippen molar-refractivity contribution in [2.75, 3.05) is 9.80 Å². The van der Waals surface area contributed by atoms with Gasteiger partial charge in [0.15, 0.2) is 5.69 Å². The molecule has 0 saturated heterocycles. The summed E-state index contributed by atoms with van der Waals surface area (Å²) in [6.07, 6.45) is 4.32. The van der Waals surface area contributed by atoms with Crippen LogP contribution in [0.3, 0.4) is 0 Å². The smallest absolute Gasteiger partial charge is 0.187 e. The van der Waals surface area contributed by atoms with E-state index in [2.05, 4.69) is 218 Å². The SMILES string of the molecule is [C-]#[N+]c1ccc(N(c2ccc(-c3ccc(/C=C/c4ccc(-c5ccc(N(c6ccc(C#N)cc6)c6ccc([Si](C)(C)C)cc6)cc5)cc4)cc3)cc2)c2ccc([Si](C)(C)C)cc2)cc1. The van der Waals surface area contributed by atoms with E-state index in [0.29, 0.717) is 11.3 Å². The molecule has 6 heteroatoms. The zero-order valence-electron chi connectivity index (χ0n) is 37.4. The van der Waals surface area contributed by atoms with Crippen molar-refractivity contribution < 1.29 is 0 Å². The average Bonchev–Trinajstić information content (AvgIpc) is 3.32. The third kappa shape index (κ3) is 9.91. The van der Waals surface area contributed by atoms with Crippen LogP contribution < -0.4 is 20.2 Å². The Morgan fingerprint density at radius 1 is 0.391 bits per heavy atom. The number of nitriles is 1. The molecule has 0 fully saturated rings. The van der Waals surface area contributed by atoms with Gasteiger partial charge < -0.3 is 9.80 Å². The lowest BCUT2D eigenvalue weighted by atomic mass is 10.0. The van der Waals surface area contributed by atoms with Crippen LogP contribution in [0.2, 0.25) is 39.3 Å². The Kier molecular flexibility index (Phi) is 12.5. The van der Waals surface area contributed by atoms with Crippen LogP contribution in [-0.2, 0) is 0 Å². The second-order valence-electron chi connectivity index (χ2n) is 18.2. The molecular formula is C58H52N4Si2. The van der Waals surface area contributed by atoms with Crippen LogP contribution in [0, 0.1) is 17.9 Å². The van der Waals surface area contributed by atoms with Crippen molar-refractivity contribution in [2.24, 2.45) is 0 Å². The maximum Gasteiger partial charge on any atom is 0.187 e. The Morgan fingerprint density at radius 3 is 0.938 bits per heavy atom. The van der Waals surface area contributed by atoms with Gasteiger partial charge in [-0.05, 0) is 118 Å². The molecule has 0 spiro atoms. The van der Waals surface area contributed by atoms with Crippen molar-refractivity contribution >= 4 is 78.5 Å². The Balaban J connectivity index is 0.951. The molecular weight excluding hydrogens is 809 g/mol. The maximum atomic E-state index is 9.42. The topological polar surface area (TPSA) is 34.6 Å². The largest absolute Gasteiger partial charge is 0.311 e. The molecule has 8 rings (SSSR count). The van der Waals surface area contributed by atoms with E-state index in [1.54, 1.807) is 0 Å². The first kappa shape index (κ1) is 43.2. The van der Waals surface area contributed by atoms with Gasteiger partial charge in [-0.3, -0.25) is 0 Å². The first-order chi connectivity index (χ1) is 30.9. The molecule has 0 radical (unpaired) electrons. The summed E-state index contributed by atoms with van der Waals surface area (Å²) in [5.74, 6) is 0. The highest BCUT2D eigenvalue weighted by Gasteiger charge is 2.20. The molecule has 4 nitrogen and oxygen atoms in total. The number of anilines is 6. The van der Waals surface area contributed by atoms with Gasteiger partial charge in [0.05, 0.1) is 34.4 Å². The van der Waals surface area contributed by atoms with Crippen molar-refractivity contribution in [3.05, 3.63) is 222 Å². The predicted molar refractivity (Wildman–Crippen MR) is 279 cm³/mol. The van der Waals surface area contributed by atoms with Gasteiger partial charge in [0.2, 0.25) is 0 Å². The standard InChI is InChI=1S/C58H52N4Si2/c1-60-50-24-32-54(33-25-50)62(56-36-40-58(41-37-56)64(5,6)7)53-30-22-49(23-31-53)47-18-12-44(13-19-47)9-8-43-10-16-46(17-11-43)48-20-28-52(29-21-48)61(51-26-14-45(42-59)15-27-51)55-34-38-57(39-35-55)63(2,3)4/h8-41H,2-7H3/b9-8+. The van der Waals surface area contributed by atoms with Crippen LogP contribution in [0.1, 0.15) is 16.7 Å². The molecule has 0 bridgehead atoms. The number of benzene rings is 8. The number of hydrogen-bond acceptors (Lipinski definition) is 3. The first-order valence-electron chi connectivity index (χ1n) is 21.7. The quantitative estimate of drug-likeness (QED) is 0.0697. The minimum absolute atomic E-state index is 0.632. The van der Waals surface area contributed by atoms with Crippen LogP contribution >= 0.6 is 0 Å². The highest BCUT2D eigenvalue weighted by molar-refractivity contribution is 6.89. The molecule has 8 aromatic rings. The van der Waals surface area contributed by atoms with Crippen LogP contribution in [0.25, 0.3) is 39.3 Å². The molecule has 0 heterocycles. The summed E-state index contributed by atoms with van der Waals surface area (Å²) in [5, 5.41) is 12.3. The van der Waals surface area contributed by atoms with E-state index < -0.39 is 16.1 Å². The molecule has 0 aliphatic carbocycles. The number of rotatable bonds is 12. The van der Waals surface area contributed by atoms with Gasteiger partial charge in [0.1, 0.15) is 0 Å². The summed E-state index contributed by atoms with van der Waals surface area (Å²) < 4.78 is 0. The second kappa shape index (κ2) is 18.5. The lowest BCUT2D eigenvalue weighted by Gasteiger charge is -2.27. The highest BCUT2D eigenvalue weighted by atomic mass is 28.3. The Labute approximate surface area is 381 Å². The fourth-order valence-corrected chi connectivity index (χ4v) is 10.2. The number of nitrogens with zero attached hydrogens (tertiary/aromatic N) is 4. The minimum Gasteiger partial charge on any atom is -0.311 e. The van der Waals surface area contributed by atoms with Gasteiger partial charge in [0.25, 0.3) is 0 Å². The minimum atomic E-state index is -1.44. The Morgan fingerprint density at radius 2 is 0.656 bits per heavy atom. The van der Waals surface area contributed by atoms with Crippen molar-refractivity contribution in [1.29, 1.82) is 5.26 Å². The lowest BCUT2D eigenvalue weighted by Crippen LogP contribution is -2.37. The summed E-state index contributed by atoms with van der Waals surface area (Å²) >= 11 is 0. The highest BCUT2D eigenvalue weighted by Crippen LogP contribution is 2.38. The monoisotopic (exact) mass is 860 g/mol. The van der Waals surface area contributed by atoms with Crippen LogP contribution in [0.5, 0.6) is 0 Å². The van der Waals surface area contributed by atoms with Gasteiger partial charge >= 0.3 is 0 Å². The van der Waals surface area contributed by atoms with E-state index in [1.165, 1.54) is 10.4 Å². The van der Waals surface area contributed by atoms with Crippen molar-refractivity contribution in [3.8, 4) is 28.3 Å². The molecule has 64 heavy (non-hydrogen) atoms. The van der Waals surface area contributed by atoms with Gasteiger partial charge in [0, 0.05) is 34.1 Å². The molecule has 0 atom stereocenters. The van der Waals surface area contributed by atoms with E-state index in [9.17, 15) is 5.26 Å². The van der Waals surface area contributed by atoms with E-state index in [0.717, 1.165) is 67.5 Å². The van der Waals surface area contributed by atoms with E-state index in [-0.39, 0.29) is 0 Å². The summed E-state index contributed by atoms with van der Waals surface area (Å²) in [6.45, 7) is 21.6. The summed E-state index contributed by atoms with van der Waals surface area (Å²) in [4.78, 5) is 8.11. The lowest BCUT2D eigenvalue weighted by molar-refractivity contribution is 1.28. The van der Waals surface area contributed by atoms with Crippen molar-refractivity contribution in [2.45, 2.75) is 39.3 Å². The second-order valence-corrected chi connectivity index (χ2v) is 28.4. The predicted octanol–water partition coefficient (Wildman–Crippen LogP) is 15.6. The Bertz CT molecular complexity index is 2740. The first-order valence-corrected chi connectivity index (χ1v) is 28.7. The summed E-state index contributed by atoms with van der Waals surface area (Å²) in [7, 11) is -2.87. The number of hydrogen-bond donors (Lipinski definition) is 0. The van der Waals surface area contributed by atoms with Gasteiger partial charge in [-0.1, -0.05) is 171 Å². The average molecular weight is 861 g/mol.